The highest BCUT2D eigenvalue weighted by atomic mass is 79.9. The third-order valence-corrected chi connectivity index (χ3v) is 5.35. The van der Waals surface area contributed by atoms with E-state index in [0.717, 1.165) is 7.11 Å². The smallest absolute Gasteiger partial charge is 0.416 e. The number of nitrogens with zero attached hydrogens (tertiary/aromatic N) is 1. The largest absolute Gasteiger partial charge is 0.466 e. The van der Waals surface area contributed by atoms with Gasteiger partial charge in [-0.3, -0.25) is 4.79 Å². The summed E-state index contributed by atoms with van der Waals surface area (Å²) in [6, 6.07) is 4.26. The summed E-state index contributed by atoms with van der Waals surface area (Å²) in [5, 5.41) is 11.8. The molecule has 0 aromatic heterocycles. The Morgan fingerprint density at radius 1 is 1.21 bits per heavy atom. The SMILES string of the molecule is COC(=O)C1=C(Nc2ccc(Br)c(Oc3c(F)cc(C(F)(F)F)cc3F)c2)C(=O)N(CCO)C1. The summed E-state index contributed by atoms with van der Waals surface area (Å²) in [7, 11) is 1.13. The van der Waals surface area contributed by atoms with Gasteiger partial charge in [-0.25, -0.2) is 13.6 Å². The minimum atomic E-state index is -4.95. The summed E-state index contributed by atoms with van der Waals surface area (Å²) < 4.78 is 76.8. The standard InChI is InChI=1S/C21H16BrF5N2O5/c1-33-20(32)12-9-29(4-5-30)19(31)17(12)28-11-2-3-13(22)16(8-11)34-18-14(23)6-10(7-15(18)24)21(25,26)27/h2-3,6-8,28,30H,4-5,9H2,1H3. The number of alkyl halides is 3. The lowest BCUT2D eigenvalue weighted by molar-refractivity contribution is -0.138. The van der Waals surface area contributed by atoms with Crippen molar-refractivity contribution in [2.24, 2.45) is 0 Å². The second-order valence-corrected chi connectivity index (χ2v) is 7.79. The molecule has 3 rings (SSSR count). The molecule has 1 amide bonds. The molecule has 0 saturated carbocycles. The van der Waals surface area contributed by atoms with Gasteiger partial charge in [0.05, 0.1) is 35.9 Å². The van der Waals surface area contributed by atoms with Crippen LogP contribution in [-0.2, 0) is 20.5 Å². The van der Waals surface area contributed by atoms with Gasteiger partial charge in [0.25, 0.3) is 5.91 Å². The molecule has 34 heavy (non-hydrogen) atoms. The van der Waals surface area contributed by atoms with Crippen LogP contribution in [0.3, 0.4) is 0 Å². The normalized spacial score (nSPS) is 14.0. The Morgan fingerprint density at radius 3 is 2.41 bits per heavy atom. The van der Waals surface area contributed by atoms with Gasteiger partial charge in [-0.1, -0.05) is 0 Å². The minimum absolute atomic E-state index is 0.00818. The summed E-state index contributed by atoms with van der Waals surface area (Å²) in [5.41, 5.74) is -1.51. The molecular formula is C21H16BrF5N2O5. The number of methoxy groups -OCH3 is 1. The Bertz CT molecular complexity index is 1150. The van der Waals surface area contributed by atoms with Crippen molar-refractivity contribution in [1.82, 2.24) is 4.90 Å². The number of halogens is 6. The topological polar surface area (TPSA) is 88.1 Å². The number of hydrogen-bond acceptors (Lipinski definition) is 6. The van der Waals surface area contributed by atoms with E-state index in [9.17, 15) is 31.5 Å². The molecule has 13 heteroatoms. The van der Waals surface area contributed by atoms with Gasteiger partial charge in [0.15, 0.2) is 17.4 Å². The molecule has 0 fully saturated rings. The summed E-state index contributed by atoms with van der Waals surface area (Å²) >= 11 is 3.12. The molecule has 0 unspecified atom stereocenters. The summed E-state index contributed by atoms with van der Waals surface area (Å²) in [6.45, 7) is -0.490. The Kier molecular flexibility index (Phi) is 7.46. The van der Waals surface area contributed by atoms with Crippen molar-refractivity contribution in [2.45, 2.75) is 6.18 Å². The average molecular weight is 551 g/mol. The average Bonchev–Trinajstić information content (AvgIpc) is 3.07. The second kappa shape index (κ2) is 9.97. The van der Waals surface area contributed by atoms with E-state index in [2.05, 4.69) is 26.0 Å². The Morgan fingerprint density at radius 2 is 1.85 bits per heavy atom. The van der Waals surface area contributed by atoms with Gasteiger partial charge >= 0.3 is 12.1 Å². The summed E-state index contributed by atoms with van der Waals surface area (Å²) in [4.78, 5) is 25.9. The molecule has 182 valence electrons. The van der Waals surface area contributed by atoms with Crippen LogP contribution in [0.4, 0.5) is 27.6 Å². The van der Waals surface area contributed by atoms with E-state index >= 15 is 0 Å². The number of benzene rings is 2. The third-order valence-electron chi connectivity index (χ3n) is 4.69. The Labute approximate surface area is 197 Å². The lowest BCUT2D eigenvalue weighted by Crippen LogP contribution is -2.31. The number of hydrogen-bond donors (Lipinski definition) is 2. The van der Waals surface area contributed by atoms with Crippen molar-refractivity contribution < 1.29 is 46.1 Å². The number of rotatable bonds is 7. The molecule has 2 aromatic rings. The van der Waals surface area contributed by atoms with Crippen LogP contribution in [-0.4, -0.2) is 48.7 Å². The number of aliphatic hydroxyl groups is 1. The maximum atomic E-state index is 14.2. The van der Waals surface area contributed by atoms with Crippen LogP contribution < -0.4 is 10.1 Å². The number of carbonyl (C=O) groups excluding carboxylic acids is 2. The monoisotopic (exact) mass is 550 g/mol. The van der Waals surface area contributed by atoms with Crippen LogP contribution >= 0.6 is 15.9 Å². The number of nitrogens with one attached hydrogen (secondary N) is 1. The van der Waals surface area contributed by atoms with Crippen molar-refractivity contribution in [2.75, 3.05) is 32.1 Å². The lowest BCUT2D eigenvalue weighted by Gasteiger charge is -2.16. The minimum Gasteiger partial charge on any atom is -0.466 e. The van der Waals surface area contributed by atoms with Gasteiger partial charge in [0.1, 0.15) is 11.4 Å². The molecule has 1 aliphatic heterocycles. The molecule has 0 saturated heterocycles. The first kappa shape index (κ1) is 25.4. The highest BCUT2D eigenvalue weighted by molar-refractivity contribution is 9.10. The van der Waals surface area contributed by atoms with E-state index < -0.39 is 41.0 Å². The third kappa shape index (κ3) is 5.30. The van der Waals surface area contributed by atoms with Crippen LogP contribution in [0.1, 0.15) is 5.56 Å². The second-order valence-electron chi connectivity index (χ2n) is 6.93. The van der Waals surface area contributed by atoms with E-state index in [1.807, 2.05) is 0 Å². The first-order valence-electron chi connectivity index (χ1n) is 9.48. The maximum absolute atomic E-state index is 14.2. The molecule has 0 bridgehead atoms. The molecule has 0 atom stereocenters. The van der Waals surface area contributed by atoms with Crippen molar-refractivity contribution in [3.8, 4) is 11.5 Å². The van der Waals surface area contributed by atoms with Crippen LogP contribution in [0.5, 0.6) is 11.5 Å². The first-order chi connectivity index (χ1) is 16.0. The predicted octanol–water partition coefficient (Wildman–Crippen LogP) is 4.21. The van der Waals surface area contributed by atoms with Crippen molar-refractivity contribution >= 4 is 33.5 Å². The zero-order chi connectivity index (χ0) is 25.2. The van der Waals surface area contributed by atoms with Gasteiger partial charge in [0, 0.05) is 18.3 Å². The number of ether oxygens (including phenoxy) is 2. The highest BCUT2D eigenvalue weighted by Crippen LogP contribution is 2.38. The molecule has 0 spiro atoms. The molecule has 0 radical (unpaired) electrons. The number of aliphatic hydroxyl groups excluding tert-OH is 1. The van der Waals surface area contributed by atoms with Gasteiger partial charge in [-0.2, -0.15) is 13.2 Å². The number of β-amino-alcohol motifs (C(OH)–C–C–N with tert-alkyl or cyclic N) is 1. The van der Waals surface area contributed by atoms with Crippen molar-refractivity contribution in [3.05, 3.63) is 63.3 Å². The Balaban J connectivity index is 1.93. The lowest BCUT2D eigenvalue weighted by atomic mass is 10.2. The van der Waals surface area contributed by atoms with Crippen LogP contribution in [0, 0.1) is 11.6 Å². The molecule has 7 nitrogen and oxygen atoms in total. The fourth-order valence-corrected chi connectivity index (χ4v) is 3.41. The summed E-state index contributed by atoms with van der Waals surface area (Å²) in [5.74, 6) is -5.77. The van der Waals surface area contributed by atoms with E-state index in [1.165, 1.54) is 23.1 Å². The van der Waals surface area contributed by atoms with Gasteiger partial charge in [-0.15, -0.1) is 0 Å². The van der Waals surface area contributed by atoms with E-state index in [-0.39, 0.29) is 59.0 Å². The van der Waals surface area contributed by atoms with E-state index in [1.54, 1.807) is 0 Å². The zero-order valence-corrected chi connectivity index (χ0v) is 18.9. The first-order valence-corrected chi connectivity index (χ1v) is 10.3. The molecule has 0 aliphatic carbocycles. The van der Waals surface area contributed by atoms with Crippen molar-refractivity contribution in [1.29, 1.82) is 0 Å². The maximum Gasteiger partial charge on any atom is 0.416 e. The molecule has 2 aromatic carbocycles. The predicted molar refractivity (Wildman–Crippen MR) is 112 cm³/mol. The van der Waals surface area contributed by atoms with Gasteiger partial charge < -0.3 is 24.8 Å². The number of amides is 1. The molecule has 2 N–H and O–H groups in total. The molecule has 1 aliphatic rings. The van der Waals surface area contributed by atoms with Crippen LogP contribution in [0.25, 0.3) is 0 Å². The molecular weight excluding hydrogens is 535 g/mol. The van der Waals surface area contributed by atoms with E-state index in [4.69, 9.17) is 9.84 Å². The van der Waals surface area contributed by atoms with E-state index in [0.29, 0.717) is 0 Å². The highest BCUT2D eigenvalue weighted by Gasteiger charge is 2.35. The summed E-state index contributed by atoms with van der Waals surface area (Å²) in [6.07, 6.45) is -4.95. The number of carbonyl (C=O) groups is 2. The van der Waals surface area contributed by atoms with Gasteiger partial charge in [-0.05, 0) is 40.2 Å². The molecule has 1 heterocycles. The van der Waals surface area contributed by atoms with Crippen LogP contribution in [0.15, 0.2) is 46.1 Å². The van der Waals surface area contributed by atoms with Gasteiger partial charge in [0.2, 0.25) is 0 Å². The zero-order valence-electron chi connectivity index (χ0n) is 17.3. The van der Waals surface area contributed by atoms with Crippen LogP contribution in [0.2, 0.25) is 0 Å². The van der Waals surface area contributed by atoms with Crippen molar-refractivity contribution in [3.63, 3.8) is 0 Å². The number of esters is 1. The number of anilines is 1. The quantitative estimate of drug-likeness (QED) is 0.396. The Hall–Kier alpha value is -3.19. The fraction of sp³-hybridized carbons (Fsp3) is 0.238. The fourth-order valence-electron chi connectivity index (χ4n) is 3.08.